The molecule has 4 heterocycles. The van der Waals surface area contributed by atoms with E-state index in [1.54, 1.807) is 0 Å². The van der Waals surface area contributed by atoms with Crippen LogP contribution in [0.5, 0.6) is 0 Å². The molecule has 0 radical (unpaired) electrons. The van der Waals surface area contributed by atoms with Crippen LogP contribution in [0, 0.1) is 11.8 Å². The zero-order valence-electron chi connectivity index (χ0n) is 20.8. The lowest BCUT2D eigenvalue weighted by Crippen LogP contribution is -2.55. The first-order valence-corrected chi connectivity index (χ1v) is 13.1. The second kappa shape index (κ2) is 10.1. The molecule has 0 amide bonds. The molecule has 4 saturated heterocycles. The van der Waals surface area contributed by atoms with Gasteiger partial charge >= 0.3 is 0 Å². The van der Waals surface area contributed by atoms with Gasteiger partial charge in [0.25, 0.3) is 0 Å². The topological polar surface area (TPSA) is 83.9 Å². The van der Waals surface area contributed by atoms with Crippen molar-refractivity contribution in [3.63, 3.8) is 0 Å². The molecule has 8 nitrogen and oxygen atoms in total. The van der Waals surface area contributed by atoms with Crippen LogP contribution in [-0.2, 0) is 19.1 Å². The van der Waals surface area contributed by atoms with Gasteiger partial charge in [-0.1, -0.05) is 60.7 Å². The quantitative estimate of drug-likeness (QED) is 0.605. The second-order valence-corrected chi connectivity index (χ2v) is 10.6. The number of hydrogen-bond acceptors (Lipinski definition) is 8. The maximum atomic E-state index is 11.1. The summed E-state index contributed by atoms with van der Waals surface area (Å²) in [5, 5.41) is 26.1. The van der Waals surface area contributed by atoms with Crippen molar-refractivity contribution in [3.8, 4) is 0 Å². The van der Waals surface area contributed by atoms with Crippen molar-refractivity contribution in [2.45, 2.75) is 62.4 Å². The third kappa shape index (κ3) is 4.19. The van der Waals surface area contributed by atoms with Crippen LogP contribution in [0.3, 0.4) is 0 Å². The highest BCUT2D eigenvalue weighted by Crippen LogP contribution is 2.44. The molecule has 6 rings (SSSR count). The lowest BCUT2D eigenvalue weighted by Gasteiger charge is -2.39. The molecule has 0 saturated carbocycles. The monoisotopic (exact) mass is 496 g/mol. The van der Waals surface area contributed by atoms with Gasteiger partial charge in [0.15, 0.2) is 0 Å². The number of rotatable bonds is 7. The minimum Gasteiger partial charge on any atom is -0.387 e. The van der Waals surface area contributed by atoms with E-state index < -0.39 is 12.2 Å². The van der Waals surface area contributed by atoms with Crippen LogP contribution in [0.25, 0.3) is 0 Å². The van der Waals surface area contributed by atoms with E-state index in [1.165, 1.54) is 0 Å². The van der Waals surface area contributed by atoms with E-state index in [1.807, 2.05) is 84.6 Å². The van der Waals surface area contributed by atoms with Crippen LogP contribution < -0.4 is 0 Å². The zero-order chi connectivity index (χ0) is 24.8. The summed E-state index contributed by atoms with van der Waals surface area (Å²) in [6, 6.07) is 18.8. The van der Waals surface area contributed by atoms with E-state index >= 15 is 0 Å². The second-order valence-electron chi connectivity index (χ2n) is 10.6. The van der Waals surface area contributed by atoms with Crippen LogP contribution >= 0.6 is 0 Å². The number of aliphatic hydroxyl groups excluding tert-OH is 2. The molecule has 4 aliphatic rings. The predicted octanol–water partition coefficient (Wildman–Crippen LogP) is 2.49. The van der Waals surface area contributed by atoms with Gasteiger partial charge in [0, 0.05) is 11.8 Å². The van der Waals surface area contributed by atoms with E-state index in [0.29, 0.717) is 26.4 Å². The summed E-state index contributed by atoms with van der Waals surface area (Å²) in [7, 11) is 0. The summed E-state index contributed by atoms with van der Waals surface area (Å²) in [5.74, 6) is 0.428. The van der Waals surface area contributed by atoms with Crippen molar-refractivity contribution in [2.75, 3.05) is 26.4 Å². The molecule has 2 N–H and O–H groups in total. The van der Waals surface area contributed by atoms with Crippen molar-refractivity contribution in [1.82, 2.24) is 10.1 Å². The van der Waals surface area contributed by atoms with Gasteiger partial charge in [-0.25, -0.2) is 0 Å². The Morgan fingerprint density at radius 3 is 1.42 bits per heavy atom. The first-order chi connectivity index (χ1) is 17.5. The lowest BCUT2D eigenvalue weighted by molar-refractivity contribution is -0.226. The number of nitrogens with zero attached hydrogens (tertiary/aromatic N) is 2. The molecular formula is C28H36N2O6. The zero-order valence-corrected chi connectivity index (χ0v) is 20.8. The first kappa shape index (κ1) is 24.5. The number of benzene rings is 2. The van der Waals surface area contributed by atoms with Gasteiger partial charge in [-0.15, -0.1) is 0 Å². The molecule has 0 bridgehead atoms. The van der Waals surface area contributed by atoms with Gasteiger partial charge in [0.1, 0.15) is 12.2 Å². The molecule has 10 atom stereocenters. The Hall–Kier alpha value is -1.88. The number of ether oxygens (including phenoxy) is 2. The average Bonchev–Trinajstić information content (AvgIpc) is 3.70. The SMILES string of the molecule is C[C@@H]([C@H](O)c1ccccc1)N1OC[C@H]2CO[C@H]([C@H]3OC[C@@H]4CON([C@@H](C)[C@H](O)c5ccccc5)[C@@H]43)[C@H]21. The fraction of sp³-hybridized carbons (Fsp3) is 0.571. The molecule has 0 aromatic heterocycles. The van der Waals surface area contributed by atoms with Crippen molar-refractivity contribution >= 4 is 0 Å². The normalized spacial score (nSPS) is 35.9. The van der Waals surface area contributed by atoms with Crippen LogP contribution in [0.15, 0.2) is 60.7 Å². The summed E-state index contributed by atoms with van der Waals surface area (Å²) < 4.78 is 12.8. The maximum absolute atomic E-state index is 11.1. The van der Waals surface area contributed by atoms with Crippen molar-refractivity contribution in [1.29, 1.82) is 0 Å². The van der Waals surface area contributed by atoms with Crippen LogP contribution in [0.2, 0.25) is 0 Å². The summed E-state index contributed by atoms with van der Waals surface area (Å²) in [5.41, 5.74) is 1.73. The molecule has 2 aromatic carbocycles. The van der Waals surface area contributed by atoms with Gasteiger partial charge in [0.2, 0.25) is 0 Å². The standard InChI is InChI=1S/C28H36N2O6/c1-17(25(31)19-9-5-3-6-10-19)29-23-21(15-35-29)13-33-27(23)28-24-22(14-34-28)16-36-30(24)18(2)26(32)20-11-7-4-8-12-20/h3-12,17-18,21-28,31-32H,13-16H2,1-2H3/t17-,18-,21+,22+,23-,24-,25-,26-,27-,28-/m0/s1. The molecule has 4 fully saturated rings. The Labute approximate surface area is 212 Å². The number of aliphatic hydroxyl groups is 2. The molecule has 8 heteroatoms. The number of fused-ring (bicyclic) bond motifs is 2. The Morgan fingerprint density at radius 2 is 1.03 bits per heavy atom. The van der Waals surface area contributed by atoms with Gasteiger partial charge < -0.3 is 19.7 Å². The van der Waals surface area contributed by atoms with E-state index in [2.05, 4.69) is 0 Å². The summed E-state index contributed by atoms with van der Waals surface area (Å²) in [6.45, 7) is 6.32. The number of hydrogen-bond donors (Lipinski definition) is 2. The summed E-state index contributed by atoms with van der Waals surface area (Å²) >= 11 is 0. The first-order valence-electron chi connectivity index (χ1n) is 13.1. The molecule has 0 unspecified atom stereocenters. The summed E-state index contributed by atoms with van der Waals surface area (Å²) in [4.78, 5) is 12.3. The smallest absolute Gasteiger partial charge is 0.104 e. The predicted molar refractivity (Wildman–Crippen MR) is 131 cm³/mol. The molecule has 194 valence electrons. The Balaban J connectivity index is 1.21. The highest BCUT2D eigenvalue weighted by Gasteiger charge is 2.59. The highest BCUT2D eigenvalue weighted by molar-refractivity contribution is 5.20. The molecule has 0 aliphatic carbocycles. The molecule has 36 heavy (non-hydrogen) atoms. The third-order valence-corrected chi connectivity index (χ3v) is 8.43. The van der Waals surface area contributed by atoms with Crippen molar-refractivity contribution in [2.24, 2.45) is 11.8 Å². The average molecular weight is 497 g/mol. The van der Waals surface area contributed by atoms with Gasteiger partial charge in [-0.2, -0.15) is 10.1 Å². The van der Waals surface area contributed by atoms with Crippen LogP contribution in [-0.4, -0.2) is 83.1 Å². The Morgan fingerprint density at radius 1 is 0.639 bits per heavy atom. The molecule has 2 aromatic rings. The Bertz CT molecular complexity index is 930. The van der Waals surface area contributed by atoms with Crippen molar-refractivity contribution < 1.29 is 29.4 Å². The Kier molecular flexibility index (Phi) is 6.87. The molecule has 0 spiro atoms. The van der Waals surface area contributed by atoms with Gasteiger partial charge in [0.05, 0.1) is 62.8 Å². The van der Waals surface area contributed by atoms with E-state index in [4.69, 9.17) is 19.1 Å². The minimum atomic E-state index is -0.684. The minimum absolute atomic E-state index is 0.0288. The van der Waals surface area contributed by atoms with Crippen LogP contribution in [0.1, 0.15) is 37.2 Å². The van der Waals surface area contributed by atoms with Crippen LogP contribution in [0.4, 0.5) is 0 Å². The van der Waals surface area contributed by atoms with E-state index in [9.17, 15) is 10.2 Å². The third-order valence-electron chi connectivity index (χ3n) is 8.43. The molecular weight excluding hydrogens is 460 g/mol. The molecule has 4 aliphatic heterocycles. The lowest BCUT2D eigenvalue weighted by atomic mass is 9.89. The highest BCUT2D eigenvalue weighted by atomic mass is 16.7. The largest absolute Gasteiger partial charge is 0.387 e. The summed E-state index contributed by atoms with van der Waals surface area (Å²) in [6.07, 6.45) is -1.81. The van der Waals surface area contributed by atoms with E-state index in [0.717, 1.165) is 11.1 Å². The number of hydroxylamine groups is 4. The fourth-order valence-corrected chi connectivity index (χ4v) is 6.43. The van der Waals surface area contributed by atoms with E-state index in [-0.39, 0.29) is 48.2 Å². The van der Waals surface area contributed by atoms with Crippen molar-refractivity contribution in [3.05, 3.63) is 71.8 Å². The van der Waals surface area contributed by atoms with Gasteiger partial charge in [-0.05, 0) is 25.0 Å². The van der Waals surface area contributed by atoms with Gasteiger partial charge in [-0.3, -0.25) is 9.68 Å². The maximum Gasteiger partial charge on any atom is 0.104 e. The fourth-order valence-electron chi connectivity index (χ4n) is 6.43.